The van der Waals surface area contributed by atoms with E-state index in [-0.39, 0.29) is 12.6 Å². The molecule has 0 aliphatic heterocycles. The Balaban J connectivity index is 2.39. The number of ether oxygens (including phenoxy) is 1. The molecule has 0 amide bonds. The van der Waals surface area contributed by atoms with Gasteiger partial charge >= 0.3 is 5.97 Å². The second kappa shape index (κ2) is 7.04. The number of rotatable bonds is 6. The lowest BCUT2D eigenvalue weighted by atomic mass is 10.1. The summed E-state index contributed by atoms with van der Waals surface area (Å²) in [6, 6.07) is 8.42. The highest BCUT2D eigenvalue weighted by molar-refractivity contribution is 5.76. The van der Waals surface area contributed by atoms with Crippen molar-refractivity contribution in [2.24, 2.45) is 11.5 Å². The number of hydrogen-bond donors (Lipinski definition) is 2. The van der Waals surface area contributed by atoms with E-state index in [0.717, 1.165) is 18.4 Å². The molecule has 0 spiro atoms. The third-order valence-corrected chi connectivity index (χ3v) is 2.58. The van der Waals surface area contributed by atoms with Crippen LogP contribution in [-0.4, -0.2) is 18.1 Å². The summed E-state index contributed by atoms with van der Waals surface area (Å²) < 4.78 is 5.11. The van der Waals surface area contributed by atoms with Gasteiger partial charge in [0.05, 0.1) is 0 Å². The van der Waals surface area contributed by atoms with Crippen LogP contribution in [0, 0.1) is 0 Å². The Kier molecular flexibility index (Phi) is 5.66. The zero-order valence-corrected chi connectivity index (χ0v) is 10.1. The summed E-state index contributed by atoms with van der Waals surface area (Å²) in [7, 11) is 0. The number of carbonyl (C=O) groups is 1. The molecule has 2 unspecified atom stereocenters. The number of nitrogens with two attached hydrogens (primary N) is 2. The van der Waals surface area contributed by atoms with E-state index in [9.17, 15) is 4.79 Å². The van der Waals surface area contributed by atoms with Gasteiger partial charge in [0, 0.05) is 6.04 Å². The molecule has 4 nitrogen and oxygen atoms in total. The molecule has 4 heteroatoms. The molecule has 1 aromatic rings. The number of hydrogen-bond acceptors (Lipinski definition) is 4. The van der Waals surface area contributed by atoms with E-state index in [0.29, 0.717) is 0 Å². The first-order chi connectivity index (χ1) is 8.15. The highest BCUT2D eigenvalue weighted by Gasteiger charge is 2.21. The van der Waals surface area contributed by atoms with Crippen molar-refractivity contribution in [1.29, 1.82) is 0 Å². The zero-order valence-electron chi connectivity index (χ0n) is 10.1. The van der Waals surface area contributed by atoms with E-state index in [2.05, 4.69) is 0 Å². The van der Waals surface area contributed by atoms with Crippen molar-refractivity contribution in [3.8, 4) is 0 Å². The monoisotopic (exact) mass is 236 g/mol. The van der Waals surface area contributed by atoms with Gasteiger partial charge in [0.15, 0.2) is 0 Å². The summed E-state index contributed by atoms with van der Waals surface area (Å²) in [4.78, 5) is 11.6. The Morgan fingerprint density at radius 1 is 1.29 bits per heavy atom. The van der Waals surface area contributed by atoms with Crippen LogP contribution in [0.1, 0.15) is 25.3 Å². The minimum atomic E-state index is -0.737. The lowest BCUT2D eigenvalue weighted by Gasteiger charge is -2.17. The molecule has 1 rings (SSSR count). The highest BCUT2D eigenvalue weighted by Crippen LogP contribution is 2.04. The second-order valence-corrected chi connectivity index (χ2v) is 4.07. The van der Waals surface area contributed by atoms with Crippen LogP contribution in [-0.2, 0) is 16.1 Å². The van der Waals surface area contributed by atoms with Crippen LogP contribution in [0.25, 0.3) is 0 Å². The van der Waals surface area contributed by atoms with Crippen LogP contribution in [0.2, 0.25) is 0 Å². The fraction of sp³-hybridized carbons (Fsp3) is 0.462. The van der Waals surface area contributed by atoms with Crippen LogP contribution in [0.3, 0.4) is 0 Å². The SMILES string of the molecule is CCCC(N)C(N)C(=O)OCc1ccccc1. The molecular weight excluding hydrogens is 216 g/mol. The van der Waals surface area contributed by atoms with E-state index < -0.39 is 12.0 Å². The Morgan fingerprint density at radius 3 is 2.53 bits per heavy atom. The molecule has 0 saturated carbocycles. The zero-order chi connectivity index (χ0) is 12.7. The van der Waals surface area contributed by atoms with Crippen molar-refractivity contribution >= 4 is 5.97 Å². The van der Waals surface area contributed by atoms with Gasteiger partial charge in [-0.1, -0.05) is 43.7 Å². The smallest absolute Gasteiger partial charge is 0.324 e. The van der Waals surface area contributed by atoms with Crippen molar-refractivity contribution in [2.75, 3.05) is 0 Å². The normalized spacial score (nSPS) is 14.1. The highest BCUT2D eigenvalue weighted by atomic mass is 16.5. The number of carbonyl (C=O) groups excluding carboxylic acids is 1. The predicted molar refractivity (Wildman–Crippen MR) is 67.1 cm³/mol. The summed E-state index contributed by atoms with van der Waals surface area (Å²) in [5.41, 5.74) is 12.4. The fourth-order valence-corrected chi connectivity index (χ4v) is 1.51. The molecule has 0 heterocycles. The Hall–Kier alpha value is -1.39. The third-order valence-electron chi connectivity index (χ3n) is 2.58. The van der Waals surface area contributed by atoms with Gasteiger partial charge in [0.25, 0.3) is 0 Å². The second-order valence-electron chi connectivity index (χ2n) is 4.07. The molecule has 94 valence electrons. The maximum Gasteiger partial charge on any atom is 0.324 e. The van der Waals surface area contributed by atoms with Gasteiger partial charge in [0.1, 0.15) is 12.6 Å². The summed E-state index contributed by atoms with van der Waals surface area (Å²) in [5, 5.41) is 0. The van der Waals surface area contributed by atoms with Crippen molar-refractivity contribution in [1.82, 2.24) is 0 Å². The van der Waals surface area contributed by atoms with Crippen LogP contribution in [0.5, 0.6) is 0 Å². The Morgan fingerprint density at radius 2 is 1.94 bits per heavy atom. The van der Waals surface area contributed by atoms with Gasteiger partial charge < -0.3 is 16.2 Å². The Bertz CT molecular complexity index is 341. The molecule has 2 atom stereocenters. The number of benzene rings is 1. The van der Waals surface area contributed by atoms with Crippen molar-refractivity contribution in [2.45, 2.75) is 38.5 Å². The number of esters is 1. The third kappa shape index (κ3) is 4.54. The minimum absolute atomic E-state index is 0.242. The van der Waals surface area contributed by atoms with E-state index in [4.69, 9.17) is 16.2 Å². The lowest BCUT2D eigenvalue weighted by Crippen LogP contribution is -2.47. The first kappa shape index (κ1) is 13.7. The van der Waals surface area contributed by atoms with Gasteiger partial charge in [-0.15, -0.1) is 0 Å². The molecule has 0 aliphatic carbocycles. The van der Waals surface area contributed by atoms with Crippen LogP contribution < -0.4 is 11.5 Å². The molecule has 1 aromatic carbocycles. The molecule has 4 N–H and O–H groups in total. The van der Waals surface area contributed by atoms with Crippen molar-refractivity contribution in [3.63, 3.8) is 0 Å². The maximum absolute atomic E-state index is 11.6. The van der Waals surface area contributed by atoms with E-state index >= 15 is 0 Å². The summed E-state index contributed by atoms with van der Waals surface area (Å²) in [6.07, 6.45) is 1.63. The van der Waals surface area contributed by atoms with Gasteiger partial charge in [0.2, 0.25) is 0 Å². The van der Waals surface area contributed by atoms with E-state index in [1.54, 1.807) is 0 Å². The standard InChI is InChI=1S/C13H20N2O2/c1-2-6-11(14)12(15)13(16)17-9-10-7-4-3-5-8-10/h3-5,7-8,11-12H,2,6,9,14-15H2,1H3. The average molecular weight is 236 g/mol. The predicted octanol–water partition coefficient (Wildman–Crippen LogP) is 1.18. The maximum atomic E-state index is 11.6. The lowest BCUT2D eigenvalue weighted by molar-refractivity contribution is -0.147. The van der Waals surface area contributed by atoms with Crippen molar-refractivity contribution in [3.05, 3.63) is 35.9 Å². The first-order valence-electron chi connectivity index (χ1n) is 5.87. The van der Waals surface area contributed by atoms with Gasteiger partial charge in [-0.3, -0.25) is 4.79 Å². The minimum Gasteiger partial charge on any atom is -0.460 e. The van der Waals surface area contributed by atoms with Gasteiger partial charge in [-0.25, -0.2) is 0 Å². The molecule has 0 bridgehead atoms. The molecule has 0 aliphatic rings. The van der Waals surface area contributed by atoms with E-state index in [1.807, 2.05) is 37.3 Å². The van der Waals surface area contributed by atoms with Crippen LogP contribution in [0.4, 0.5) is 0 Å². The average Bonchev–Trinajstić information content (AvgIpc) is 2.36. The molecule has 0 radical (unpaired) electrons. The molecule has 0 saturated heterocycles. The van der Waals surface area contributed by atoms with E-state index in [1.165, 1.54) is 0 Å². The van der Waals surface area contributed by atoms with Crippen LogP contribution in [0.15, 0.2) is 30.3 Å². The molecule has 0 aromatic heterocycles. The summed E-state index contributed by atoms with van der Waals surface area (Å²) in [6.45, 7) is 2.24. The fourth-order valence-electron chi connectivity index (χ4n) is 1.51. The summed E-state index contributed by atoms with van der Waals surface area (Å²) >= 11 is 0. The summed E-state index contributed by atoms with van der Waals surface area (Å²) in [5.74, 6) is -0.435. The van der Waals surface area contributed by atoms with Crippen molar-refractivity contribution < 1.29 is 9.53 Å². The topological polar surface area (TPSA) is 78.3 Å². The van der Waals surface area contributed by atoms with Gasteiger partial charge in [-0.05, 0) is 12.0 Å². The largest absolute Gasteiger partial charge is 0.460 e. The van der Waals surface area contributed by atoms with Crippen LogP contribution >= 0.6 is 0 Å². The molecule has 0 fully saturated rings. The molecule has 17 heavy (non-hydrogen) atoms. The Labute approximate surface area is 102 Å². The van der Waals surface area contributed by atoms with Gasteiger partial charge in [-0.2, -0.15) is 0 Å². The molecular formula is C13H20N2O2. The first-order valence-corrected chi connectivity index (χ1v) is 5.87. The quantitative estimate of drug-likeness (QED) is 0.727.